The Labute approximate surface area is 216 Å². The van der Waals surface area contributed by atoms with E-state index in [1.165, 1.54) is 5.56 Å². The van der Waals surface area contributed by atoms with E-state index in [0.717, 1.165) is 34.6 Å². The number of hydrogen-bond acceptors (Lipinski definition) is 6. The number of carbonyl (C=O) groups is 1. The van der Waals surface area contributed by atoms with Crippen molar-refractivity contribution >= 4 is 5.97 Å². The SMILES string of the molecule is COc1ccc(-c2nc(COc3ccc(OCC(=O)O)c(C)c3)oc2-c2ccc(CC(C)C)cc2)cc1. The Morgan fingerprint density at radius 2 is 1.62 bits per heavy atom. The molecule has 0 radical (unpaired) electrons. The smallest absolute Gasteiger partial charge is 0.341 e. The van der Waals surface area contributed by atoms with Gasteiger partial charge in [-0.25, -0.2) is 9.78 Å². The summed E-state index contributed by atoms with van der Waals surface area (Å²) in [5, 5.41) is 8.82. The van der Waals surface area contributed by atoms with Gasteiger partial charge in [0.1, 0.15) is 22.9 Å². The molecule has 0 saturated carbocycles. The average Bonchev–Trinajstić information content (AvgIpc) is 3.31. The lowest BCUT2D eigenvalue weighted by molar-refractivity contribution is -0.139. The third-order valence-electron chi connectivity index (χ3n) is 5.75. The number of aromatic nitrogens is 1. The van der Waals surface area contributed by atoms with Crippen molar-refractivity contribution in [3.63, 3.8) is 0 Å². The number of hydrogen-bond donors (Lipinski definition) is 1. The van der Waals surface area contributed by atoms with Crippen molar-refractivity contribution in [3.05, 3.63) is 83.7 Å². The zero-order valence-corrected chi connectivity index (χ0v) is 21.5. The van der Waals surface area contributed by atoms with Crippen LogP contribution in [0.2, 0.25) is 0 Å². The molecule has 0 unspecified atom stereocenters. The molecule has 1 aromatic heterocycles. The zero-order chi connectivity index (χ0) is 26.4. The van der Waals surface area contributed by atoms with Gasteiger partial charge in [0, 0.05) is 11.1 Å². The number of carboxylic acids is 1. The minimum Gasteiger partial charge on any atom is -0.497 e. The first-order valence-corrected chi connectivity index (χ1v) is 12.1. The summed E-state index contributed by atoms with van der Waals surface area (Å²) in [7, 11) is 1.64. The molecule has 192 valence electrons. The highest BCUT2D eigenvalue weighted by Gasteiger charge is 2.18. The third kappa shape index (κ3) is 6.70. The number of aliphatic carboxylic acids is 1. The van der Waals surface area contributed by atoms with Crippen LogP contribution in [0.15, 0.2) is 71.1 Å². The van der Waals surface area contributed by atoms with Crippen LogP contribution in [-0.4, -0.2) is 29.8 Å². The van der Waals surface area contributed by atoms with Crippen LogP contribution in [0.1, 0.15) is 30.9 Å². The van der Waals surface area contributed by atoms with E-state index >= 15 is 0 Å². The van der Waals surface area contributed by atoms with Crippen LogP contribution in [0.25, 0.3) is 22.6 Å². The van der Waals surface area contributed by atoms with E-state index in [4.69, 9.17) is 28.7 Å². The average molecular weight is 502 g/mol. The Balaban J connectivity index is 1.58. The lowest BCUT2D eigenvalue weighted by atomic mass is 10.00. The number of nitrogens with zero attached hydrogens (tertiary/aromatic N) is 1. The highest BCUT2D eigenvalue weighted by molar-refractivity contribution is 5.77. The molecular formula is C30H31NO6. The van der Waals surface area contributed by atoms with E-state index in [9.17, 15) is 4.79 Å². The first kappa shape index (κ1) is 25.8. The predicted octanol–water partition coefficient (Wildman–Crippen LogP) is 6.57. The first-order chi connectivity index (χ1) is 17.8. The van der Waals surface area contributed by atoms with E-state index in [1.807, 2.05) is 31.2 Å². The molecule has 4 rings (SSSR count). The number of carboxylic acid groups (broad SMARTS) is 1. The van der Waals surface area contributed by atoms with Gasteiger partial charge in [0.25, 0.3) is 0 Å². The van der Waals surface area contributed by atoms with E-state index in [-0.39, 0.29) is 6.61 Å². The molecule has 0 fully saturated rings. The normalized spacial score (nSPS) is 10.9. The summed E-state index contributed by atoms with van der Waals surface area (Å²) < 4.78 is 22.7. The van der Waals surface area contributed by atoms with Gasteiger partial charge in [0.05, 0.1) is 7.11 Å². The van der Waals surface area contributed by atoms with Gasteiger partial charge < -0.3 is 23.7 Å². The predicted molar refractivity (Wildman–Crippen MR) is 141 cm³/mol. The van der Waals surface area contributed by atoms with Crippen LogP contribution < -0.4 is 14.2 Å². The molecule has 0 spiro atoms. The van der Waals surface area contributed by atoms with Crippen LogP contribution in [0.5, 0.6) is 17.2 Å². The summed E-state index contributed by atoms with van der Waals surface area (Å²) in [4.78, 5) is 15.5. The first-order valence-electron chi connectivity index (χ1n) is 12.1. The van der Waals surface area contributed by atoms with Crippen molar-refractivity contribution in [1.29, 1.82) is 0 Å². The van der Waals surface area contributed by atoms with E-state index < -0.39 is 12.6 Å². The van der Waals surface area contributed by atoms with Gasteiger partial charge in [0.15, 0.2) is 19.0 Å². The molecule has 1 heterocycles. The van der Waals surface area contributed by atoms with E-state index in [0.29, 0.717) is 29.1 Å². The second-order valence-corrected chi connectivity index (χ2v) is 9.21. The second kappa shape index (κ2) is 11.6. The third-order valence-corrected chi connectivity index (χ3v) is 5.75. The van der Waals surface area contributed by atoms with Gasteiger partial charge in [-0.1, -0.05) is 38.1 Å². The van der Waals surface area contributed by atoms with E-state index in [1.54, 1.807) is 25.3 Å². The van der Waals surface area contributed by atoms with Crippen LogP contribution in [0, 0.1) is 12.8 Å². The van der Waals surface area contributed by atoms with E-state index in [2.05, 4.69) is 38.1 Å². The molecular weight excluding hydrogens is 470 g/mol. The molecule has 0 aliphatic rings. The minimum absolute atomic E-state index is 0.128. The van der Waals surface area contributed by atoms with Gasteiger partial charge in [-0.3, -0.25) is 0 Å². The largest absolute Gasteiger partial charge is 0.497 e. The Hall–Kier alpha value is -4.26. The highest BCUT2D eigenvalue weighted by Crippen LogP contribution is 2.34. The number of oxazole rings is 1. The Morgan fingerprint density at radius 1 is 0.946 bits per heavy atom. The molecule has 37 heavy (non-hydrogen) atoms. The molecule has 3 aromatic carbocycles. The molecule has 0 aliphatic carbocycles. The van der Waals surface area contributed by atoms with Gasteiger partial charge in [0.2, 0.25) is 5.89 Å². The standard InChI is InChI=1S/C30H31NO6/c1-19(2)15-21-5-7-23(8-6-21)30-29(22-9-11-24(34-4)12-10-22)31-27(37-30)17-35-25-13-14-26(20(3)16-25)36-18-28(32)33/h5-14,16,19H,15,17-18H2,1-4H3,(H,32,33). The molecule has 0 bridgehead atoms. The number of rotatable bonds is 11. The van der Waals surface area contributed by atoms with Crippen molar-refractivity contribution < 1.29 is 28.5 Å². The summed E-state index contributed by atoms with van der Waals surface area (Å²) in [6, 6.07) is 21.3. The molecule has 0 atom stereocenters. The Morgan fingerprint density at radius 3 is 2.24 bits per heavy atom. The maximum atomic E-state index is 10.8. The Kier molecular flexibility index (Phi) is 8.13. The summed E-state index contributed by atoms with van der Waals surface area (Å²) in [6.45, 7) is 5.97. The van der Waals surface area contributed by atoms with Gasteiger partial charge in [-0.15, -0.1) is 0 Å². The van der Waals surface area contributed by atoms with Crippen molar-refractivity contribution in [3.8, 4) is 39.8 Å². The fraction of sp³-hybridized carbons (Fsp3) is 0.267. The maximum Gasteiger partial charge on any atom is 0.341 e. The zero-order valence-electron chi connectivity index (χ0n) is 21.5. The fourth-order valence-corrected chi connectivity index (χ4v) is 3.99. The highest BCUT2D eigenvalue weighted by atomic mass is 16.5. The molecule has 7 heteroatoms. The molecule has 4 aromatic rings. The van der Waals surface area contributed by atoms with Crippen LogP contribution >= 0.6 is 0 Å². The van der Waals surface area contributed by atoms with Crippen LogP contribution in [-0.2, 0) is 17.8 Å². The lowest BCUT2D eigenvalue weighted by Gasteiger charge is -2.09. The van der Waals surface area contributed by atoms with Crippen molar-refractivity contribution in [2.75, 3.05) is 13.7 Å². The second-order valence-electron chi connectivity index (χ2n) is 9.21. The number of methoxy groups -OCH3 is 1. The number of ether oxygens (including phenoxy) is 3. The molecule has 0 amide bonds. The van der Waals surface area contributed by atoms with Gasteiger partial charge in [-0.2, -0.15) is 0 Å². The molecule has 0 saturated heterocycles. The molecule has 7 nitrogen and oxygen atoms in total. The molecule has 0 aliphatic heterocycles. The van der Waals surface area contributed by atoms with Crippen LogP contribution in [0.4, 0.5) is 0 Å². The van der Waals surface area contributed by atoms with Crippen molar-refractivity contribution in [1.82, 2.24) is 4.98 Å². The number of benzene rings is 3. The van der Waals surface area contributed by atoms with Crippen LogP contribution in [0.3, 0.4) is 0 Å². The summed E-state index contributed by atoms with van der Waals surface area (Å²) in [5.74, 6) is 2.53. The van der Waals surface area contributed by atoms with Crippen molar-refractivity contribution in [2.24, 2.45) is 5.92 Å². The summed E-state index contributed by atoms with van der Waals surface area (Å²) in [5.41, 5.74) is 4.62. The summed E-state index contributed by atoms with van der Waals surface area (Å²) >= 11 is 0. The quantitative estimate of drug-likeness (QED) is 0.249. The summed E-state index contributed by atoms with van der Waals surface area (Å²) in [6.07, 6.45) is 1.01. The monoisotopic (exact) mass is 501 g/mol. The van der Waals surface area contributed by atoms with Gasteiger partial charge >= 0.3 is 5.97 Å². The topological polar surface area (TPSA) is 91.0 Å². The Bertz CT molecular complexity index is 1340. The number of aryl methyl sites for hydroxylation is 1. The van der Waals surface area contributed by atoms with Gasteiger partial charge in [-0.05, 0) is 72.9 Å². The maximum absolute atomic E-state index is 10.8. The minimum atomic E-state index is -1.03. The fourth-order valence-electron chi connectivity index (χ4n) is 3.99. The lowest BCUT2D eigenvalue weighted by Crippen LogP contribution is -2.10. The van der Waals surface area contributed by atoms with Crippen molar-refractivity contribution in [2.45, 2.75) is 33.8 Å². The molecule has 1 N–H and O–H groups in total.